The zero-order chi connectivity index (χ0) is 14.0. The Labute approximate surface area is 130 Å². The summed E-state index contributed by atoms with van der Waals surface area (Å²) in [5.41, 5.74) is 0. The number of allylic oxidation sites excluding steroid dienone is 2. The first kappa shape index (κ1) is 19.2. The van der Waals surface area contributed by atoms with Gasteiger partial charge in [0.15, 0.2) is 0 Å². The molecule has 0 N–H and O–H groups in total. The SMILES string of the molecule is CCCCCCCCCCCCC/C=C\CCCBr. The number of alkyl halides is 1. The van der Waals surface area contributed by atoms with Crippen molar-refractivity contribution in [2.45, 2.75) is 96.8 Å². The molecule has 0 heterocycles. The van der Waals surface area contributed by atoms with Crippen molar-refractivity contribution in [3.05, 3.63) is 12.2 Å². The van der Waals surface area contributed by atoms with E-state index in [2.05, 4.69) is 35.0 Å². The number of hydrogen-bond donors (Lipinski definition) is 0. The minimum absolute atomic E-state index is 1.13. The van der Waals surface area contributed by atoms with E-state index in [9.17, 15) is 0 Å². The summed E-state index contributed by atoms with van der Waals surface area (Å²) in [5, 5.41) is 1.13. The second kappa shape index (κ2) is 18.2. The van der Waals surface area contributed by atoms with Crippen LogP contribution in [0.2, 0.25) is 0 Å². The van der Waals surface area contributed by atoms with Gasteiger partial charge < -0.3 is 0 Å². The summed E-state index contributed by atoms with van der Waals surface area (Å²) in [6.45, 7) is 2.29. The third kappa shape index (κ3) is 18.2. The van der Waals surface area contributed by atoms with Gasteiger partial charge in [0.25, 0.3) is 0 Å². The van der Waals surface area contributed by atoms with Crippen LogP contribution in [0.25, 0.3) is 0 Å². The Morgan fingerprint density at radius 3 is 1.47 bits per heavy atom. The monoisotopic (exact) mass is 330 g/mol. The van der Waals surface area contributed by atoms with Crippen LogP contribution in [0.15, 0.2) is 12.2 Å². The molecule has 0 aromatic rings. The van der Waals surface area contributed by atoms with Gasteiger partial charge in [0.2, 0.25) is 0 Å². The average Bonchev–Trinajstić information content (AvgIpc) is 2.43. The summed E-state index contributed by atoms with van der Waals surface area (Å²) in [5.74, 6) is 0. The molecule has 0 atom stereocenters. The van der Waals surface area contributed by atoms with Crippen molar-refractivity contribution in [2.24, 2.45) is 0 Å². The fraction of sp³-hybridized carbons (Fsp3) is 0.889. The van der Waals surface area contributed by atoms with Crippen LogP contribution in [-0.2, 0) is 0 Å². The van der Waals surface area contributed by atoms with Gasteiger partial charge in [-0.25, -0.2) is 0 Å². The molecule has 0 rings (SSSR count). The van der Waals surface area contributed by atoms with E-state index in [0.717, 1.165) is 5.33 Å². The smallest absolute Gasteiger partial charge is 0.00342 e. The molecular formula is C18H35Br. The van der Waals surface area contributed by atoms with E-state index in [0.29, 0.717) is 0 Å². The molecule has 0 radical (unpaired) electrons. The van der Waals surface area contributed by atoms with Gasteiger partial charge in [-0.3, -0.25) is 0 Å². The normalized spacial score (nSPS) is 11.5. The second-order valence-electron chi connectivity index (χ2n) is 5.63. The summed E-state index contributed by atoms with van der Waals surface area (Å²) >= 11 is 3.46. The van der Waals surface area contributed by atoms with Crippen LogP contribution in [0.3, 0.4) is 0 Å². The van der Waals surface area contributed by atoms with Gasteiger partial charge in [-0.05, 0) is 25.7 Å². The topological polar surface area (TPSA) is 0 Å². The van der Waals surface area contributed by atoms with E-state index in [1.807, 2.05) is 0 Å². The number of unbranched alkanes of at least 4 members (excludes halogenated alkanes) is 12. The lowest BCUT2D eigenvalue weighted by molar-refractivity contribution is 0.550. The number of hydrogen-bond acceptors (Lipinski definition) is 0. The van der Waals surface area contributed by atoms with E-state index in [1.165, 1.54) is 89.9 Å². The van der Waals surface area contributed by atoms with Crippen LogP contribution < -0.4 is 0 Å². The summed E-state index contributed by atoms with van der Waals surface area (Å²) in [6, 6.07) is 0. The van der Waals surface area contributed by atoms with E-state index in [-0.39, 0.29) is 0 Å². The Balaban J connectivity index is 2.97. The highest BCUT2D eigenvalue weighted by molar-refractivity contribution is 9.09. The van der Waals surface area contributed by atoms with Crippen molar-refractivity contribution >= 4 is 15.9 Å². The lowest BCUT2D eigenvalue weighted by atomic mass is 10.1. The van der Waals surface area contributed by atoms with Crippen molar-refractivity contribution in [3.63, 3.8) is 0 Å². The Bertz CT molecular complexity index is 175. The molecule has 0 saturated carbocycles. The van der Waals surface area contributed by atoms with Gasteiger partial charge in [-0.15, -0.1) is 0 Å². The van der Waals surface area contributed by atoms with Crippen molar-refractivity contribution in [1.29, 1.82) is 0 Å². The molecule has 19 heavy (non-hydrogen) atoms. The standard InChI is InChI=1S/C18H35Br/c1-2-3-4-5-6-7-8-9-10-11-12-13-14-15-16-17-18-19/h14-15H,2-13,16-18H2,1H3/b15-14-. The van der Waals surface area contributed by atoms with Gasteiger partial charge in [-0.1, -0.05) is 99.2 Å². The minimum Gasteiger partial charge on any atom is -0.0928 e. The first-order chi connectivity index (χ1) is 9.41. The highest BCUT2D eigenvalue weighted by atomic mass is 79.9. The first-order valence-corrected chi connectivity index (χ1v) is 9.75. The summed E-state index contributed by atoms with van der Waals surface area (Å²) in [4.78, 5) is 0. The lowest BCUT2D eigenvalue weighted by Crippen LogP contribution is -1.82. The summed E-state index contributed by atoms with van der Waals surface area (Å²) < 4.78 is 0. The van der Waals surface area contributed by atoms with Gasteiger partial charge in [0, 0.05) is 5.33 Å². The fourth-order valence-corrected chi connectivity index (χ4v) is 2.68. The molecule has 0 aliphatic heterocycles. The largest absolute Gasteiger partial charge is 0.0928 e. The van der Waals surface area contributed by atoms with E-state index >= 15 is 0 Å². The van der Waals surface area contributed by atoms with Gasteiger partial charge in [0.1, 0.15) is 0 Å². The highest BCUT2D eigenvalue weighted by Crippen LogP contribution is 2.12. The van der Waals surface area contributed by atoms with Crippen LogP contribution in [0.4, 0.5) is 0 Å². The molecule has 0 unspecified atom stereocenters. The second-order valence-corrected chi connectivity index (χ2v) is 6.42. The van der Waals surface area contributed by atoms with E-state index in [1.54, 1.807) is 0 Å². The molecule has 0 amide bonds. The van der Waals surface area contributed by atoms with Crippen molar-refractivity contribution in [1.82, 2.24) is 0 Å². The van der Waals surface area contributed by atoms with E-state index in [4.69, 9.17) is 0 Å². The summed E-state index contributed by atoms with van der Waals surface area (Å²) in [7, 11) is 0. The Morgan fingerprint density at radius 1 is 0.579 bits per heavy atom. The zero-order valence-electron chi connectivity index (χ0n) is 13.1. The molecule has 0 aromatic carbocycles. The Morgan fingerprint density at radius 2 is 1.00 bits per heavy atom. The predicted octanol–water partition coefficient (Wildman–Crippen LogP) is 7.42. The third-order valence-corrected chi connectivity index (χ3v) is 4.21. The predicted molar refractivity (Wildman–Crippen MR) is 93.2 cm³/mol. The highest BCUT2D eigenvalue weighted by Gasteiger charge is 1.92. The minimum atomic E-state index is 1.13. The van der Waals surface area contributed by atoms with Crippen molar-refractivity contribution < 1.29 is 0 Å². The van der Waals surface area contributed by atoms with Crippen LogP contribution in [-0.4, -0.2) is 5.33 Å². The third-order valence-electron chi connectivity index (χ3n) is 3.65. The van der Waals surface area contributed by atoms with Gasteiger partial charge in [-0.2, -0.15) is 0 Å². The molecule has 0 aliphatic rings. The molecule has 0 aromatic heterocycles. The fourth-order valence-electron chi connectivity index (χ4n) is 2.36. The van der Waals surface area contributed by atoms with E-state index < -0.39 is 0 Å². The molecule has 0 nitrogen and oxygen atoms in total. The van der Waals surface area contributed by atoms with Gasteiger partial charge in [0.05, 0.1) is 0 Å². The van der Waals surface area contributed by atoms with Gasteiger partial charge >= 0.3 is 0 Å². The van der Waals surface area contributed by atoms with Crippen molar-refractivity contribution in [2.75, 3.05) is 5.33 Å². The van der Waals surface area contributed by atoms with Crippen LogP contribution in [0, 0.1) is 0 Å². The van der Waals surface area contributed by atoms with Crippen LogP contribution in [0.1, 0.15) is 96.8 Å². The Hall–Kier alpha value is 0.220. The number of halogens is 1. The molecular weight excluding hydrogens is 296 g/mol. The van der Waals surface area contributed by atoms with Crippen molar-refractivity contribution in [3.8, 4) is 0 Å². The molecule has 0 spiro atoms. The molecule has 0 fully saturated rings. The Kier molecular flexibility index (Phi) is 18.4. The first-order valence-electron chi connectivity index (χ1n) is 8.62. The molecule has 114 valence electrons. The quantitative estimate of drug-likeness (QED) is 0.166. The van der Waals surface area contributed by atoms with Crippen LogP contribution in [0.5, 0.6) is 0 Å². The maximum atomic E-state index is 3.46. The molecule has 0 bridgehead atoms. The average molecular weight is 331 g/mol. The maximum Gasteiger partial charge on any atom is 0.00342 e. The molecule has 0 saturated heterocycles. The lowest BCUT2D eigenvalue weighted by Gasteiger charge is -2.01. The van der Waals surface area contributed by atoms with Crippen LogP contribution >= 0.6 is 15.9 Å². The summed E-state index contributed by atoms with van der Waals surface area (Å²) in [6.07, 6.45) is 24.4. The molecule has 1 heteroatoms. The zero-order valence-corrected chi connectivity index (χ0v) is 14.7. The number of rotatable bonds is 15. The molecule has 0 aliphatic carbocycles. The maximum absolute atomic E-state index is 3.46.